The van der Waals surface area contributed by atoms with Gasteiger partial charge >= 0.3 is 14.1 Å². The van der Waals surface area contributed by atoms with Gasteiger partial charge in [-0.1, -0.05) is 6.08 Å². The first-order valence-corrected chi connectivity index (χ1v) is 7.17. The molecule has 0 rings (SSSR count). The summed E-state index contributed by atoms with van der Waals surface area (Å²) in [6.45, 7) is 8.68. The van der Waals surface area contributed by atoms with E-state index in [0.29, 0.717) is 0 Å². The molecule has 19 heavy (non-hydrogen) atoms. The quantitative estimate of drug-likeness (QED) is 0.575. The molecule has 0 heterocycles. The van der Waals surface area contributed by atoms with Gasteiger partial charge in [0.25, 0.3) is 0 Å². The number of Topliss-reactive ketones (excluding diaryl/α,β-unsaturated/α-hetero) is 1. The van der Waals surface area contributed by atoms with E-state index >= 15 is 0 Å². The second kappa shape index (κ2) is 8.02. The summed E-state index contributed by atoms with van der Waals surface area (Å²) in [5.41, 5.74) is -0.649. The highest BCUT2D eigenvalue weighted by Crippen LogP contribution is 2.20. The molecule has 0 saturated heterocycles. The maximum atomic E-state index is 11.8. The zero-order chi connectivity index (χ0) is 15.1. The predicted molar refractivity (Wildman–Crippen MR) is 72.5 cm³/mol. The summed E-state index contributed by atoms with van der Waals surface area (Å²) < 4.78 is 20.8. The lowest BCUT2D eigenvalue weighted by atomic mass is 10.1. The fourth-order valence-electron chi connectivity index (χ4n) is 1.19. The second-order valence-corrected chi connectivity index (χ2v) is 6.21. The summed E-state index contributed by atoms with van der Waals surface area (Å²) in [6.07, 6.45) is 0.797. The zero-order valence-electron chi connectivity index (χ0n) is 11.8. The molecular weight excluding hydrogens is 269 g/mol. The highest BCUT2D eigenvalue weighted by molar-refractivity contribution is 7.40. The number of ketones is 1. The molecule has 0 aromatic carbocycles. The van der Waals surface area contributed by atoms with Crippen LogP contribution in [0.25, 0.3) is 0 Å². The lowest BCUT2D eigenvalue weighted by Gasteiger charge is -2.22. The Morgan fingerprint density at radius 3 is 2.42 bits per heavy atom. The minimum absolute atomic E-state index is 0.241. The van der Waals surface area contributed by atoms with Crippen LogP contribution in [-0.2, 0) is 18.6 Å². The van der Waals surface area contributed by atoms with E-state index in [4.69, 9.17) is 4.74 Å². The van der Waals surface area contributed by atoms with Gasteiger partial charge in [-0.3, -0.25) is 4.79 Å². The molecule has 108 valence electrons. The smallest absolute Gasteiger partial charge is 0.444 e. The largest absolute Gasteiger partial charge is 0.515 e. The first kappa shape index (κ1) is 17.7. The number of hydrogen-bond donors (Lipinski definition) is 1. The number of amides is 1. The fraction of sp³-hybridized carbons (Fsp3) is 0.667. The van der Waals surface area contributed by atoms with E-state index < -0.39 is 25.8 Å². The van der Waals surface area contributed by atoms with Crippen molar-refractivity contribution in [3.63, 3.8) is 0 Å². The summed E-state index contributed by atoms with van der Waals surface area (Å²) >= 11 is 0. The van der Waals surface area contributed by atoms with Crippen LogP contribution < -0.4 is 5.32 Å². The number of carbonyl (C=O) groups is 2. The minimum Gasteiger partial charge on any atom is -0.444 e. The van der Waals surface area contributed by atoms with Gasteiger partial charge in [0.2, 0.25) is 11.9 Å². The number of nitrogens with one attached hydrogen (secondary N) is 1. The van der Waals surface area contributed by atoms with Crippen molar-refractivity contribution in [1.29, 1.82) is 0 Å². The Labute approximate surface area is 114 Å². The topological polar surface area (TPSA) is 81.7 Å². The standard InChI is InChI=1S/C12H20NO5P/c1-6-7-9(10(14)8-19(16)17-5)13-11(15)18-12(2,3)4/h6,9H,1,7-8H2,2-5H3/p+1. The molecule has 0 aliphatic heterocycles. The minimum atomic E-state index is -2.04. The van der Waals surface area contributed by atoms with Gasteiger partial charge in [0.05, 0.1) is 13.2 Å². The lowest BCUT2D eigenvalue weighted by molar-refractivity contribution is -0.118. The predicted octanol–water partition coefficient (Wildman–Crippen LogP) is 2.41. The maximum absolute atomic E-state index is 11.8. The third-order valence-corrected chi connectivity index (χ3v) is 2.95. The number of rotatable bonds is 7. The lowest BCUT2D eigenvalue weighted by Crippen LogP contribution is -2.43. The molecule has 0 spiro atoms. The van der Waals surface area contributed by atoms with Gasteiger partial charge < -0.3 is 10.1 Å². The van der Waals surface area contributed by atoms with Crippen molar-refractivity contribution in [2.24, 2.45) is 0 Å². The monoisotopic (exact) mass is 290 g/mol. The molecule has 6 nitrogen and oxygen atoms in total. The molecule has 1 N–H and O–H groups in total. The molecular formula is C12H21NO5P+. The molecule has 0 aromatic rings. The van der Waals surface area contributed by atoms with Crippen LogP contribution in [0, 0.1) is 0 Å². The molecule has 2 unspecified atom stereocenters. The van der Waals surface area contributed by atoms with E-state index in [1.165, 1.54) is 13.2 Å². The molecule has 0 fully saturated rings. The van der Waals surface area contributed by atoms with Crippen molar-refractivity contribution >= 4 is 19.9 Å². The molecule has 0 aliphatic rings. The van der Waals surface area contributed by atoms with E-state index in [9.17, 15) is 14.2 Å². The van der Waals surface area contributed by atoms with Gasteiger partial charge in [-0.25, -0.2) is 4.79 Å². The highest BCUT2D eigenvalue weighted by atomic mass is 31.1. The molecule has 0 radical (unpaired) electrons. The van der Waals surface area contributed by atoms with E-state index in [-0.39, 0.29) is 18.4 Å². The zero-order valence-corrected chi connectivity index (χ0v) is 12.7. The Morgan fingerprint density at radius 2 is 2.00 bits per heavy atom. The van der Waals surface area contributed by atoms with Gasteiger partial charge in [0.1, 0.15) is 5.60 Å². The van der Waals surface area contributed by atoms with E-state index in [2.05, 4.69) is 16.4 Å². The third-order valence-electron chi connectivity index (χ3n) is 1.97. The second-order valence-electron chi connectivity index (χ2n) is 4.86. The summed E-state index contributed by atoms with van der Waals surface area (Å²) in [5.74, 6) is -0.381. The van der Waals surface area contributed by atoms with Gasteiger partial charge in [0.15, 0.2) is 0 Å². The van der Waals surface area contributed by atoms with Crippen molar-refractivity contribution in [2.45, 2.75) is 38.8 Å². The maximum Gasteiger partial charge on any atom is 0.515 e. The number of hydrogen-bond acceptors (Lipinski definition) is 5. The summed E-state index contributed by atoms with van der Waals surface area (Å²) in [6, 6.07) is -0.804. The Bertz CT molecular complexity index is 362. The van der Waals surface area contributed by atoms with Crippen LogP contribution in [0.5, 0.6) is 0 Å². The van der Waals surface area contributed by atoms with Crippen LogP contribution in [0.4, 0.5) is 4.79 Å². The SMILES string of the molecule is C=CCC(NC(=O)OC(C)(C)C)C(=O)C[P+](=O)OC. The van der Waals surface area contributed by atoms with Crippen LogP contribution in [0.1, 0.15) is 27.2 Å². The van der Waals surface area contributed by atoms with Crippen molar-refractivity contribution in [2.75, 3.05) is 13.3 Å². The first-order valence-electron chi connectivity index (χ1n) is 5.81. The molecule has 1 amide bonds. The molecule has 7 heteroatoms. The van der Waals surface area contributed by atoms with E-state index in [1.807, 2.05) is 0 Å². The van der Waals surface area contributed by atoms with Crippen molar-refractivity contribution < 1.29 is 23.4 Å². The normalized spacial score (nSPS) is 13.4. The Morgan fingerprint density at radius 1 is 1.42 bits per heavy atom. The molecule has 0 bridgehead atoms. The summed E-state index contributed by atoms with van der Waals surface area (Å²) in [7, 11) is -0.779. The fourth-order valence-corrected chi connectivity index (χ4v) is 1.79. The first-order chi connectivity index (χ1) is 8.69. The Kier molecular flexibility index (Phi) is 7.49. The highest BCUT2D eigenvalue weighted by Gasteiger charge is 2.29. The van der Waals surface area contributed by atoms with E-state index in [1.54, 1.807) is 20.8 Å². The van der Waals surface area contributed by atoms with Crippen molar-refractivity contribution in [3.05, 3.63) is 12.7 Å². The van der Waals surface area contributed by atoms with Crippen LogP contribution in [-0.4, -0.2) is 36.8 Å². The summed E-state index contributed by atoms with van der Waals surface area (Å²) in [5, 5.41) is 2.44. The van der Waals surface area contributed by atoms with Crippen molar-refractivity contribution in [3.8, 4) is 0 Å². The number of alkyl carbamates (subject to hydrolysis) is 1. The Balaban J connectivity index is 4.56. The molecule has 0 aliphatic carbocycles. The average Bonchev–Trinajstić information content (AvgIpc) is 2.25. The molecule has 0 saturated carbocycles. The van der Waals surface area contributed by atoms with Gasteiger partial charge in [-0.05, 0) is 31.8 Å². The van der Waals surface area contributed by atoms with E-state index in [0.717, 1.165) is 0 Å². The van der Waals surface area contributed by atoms with Crippen LogP contribution in [0.3, 0.4) is 0 Å². The van der Waals surface area contributed by atoms with Crippen LogP contribution in [0.2, 0.25) is 0 Å². The van der Waals surface area contributed by atoms with Gasteiger partial charge in [-0.15, -0.1) is 11.1 Å². The van der Waals surface area contributed by atoms with Gasteiger partial charge in [-0.2, -0.15) is 0 Å². The number of carbonyl (C=O) groups excluding carboxylic acids is 2. The molecule has 2 atom stereocenters. The van der Waals surface area contributed by atoms with Gasteiger partial charge in [0, 0.05) is 0 Å². The molecule has 0 aromatic heterocycles. The van der Waals surface area contributed by atoms with Crippen LogP contribution >= 0.6 is 8.03 Å². The van der Waals surface area contributed by atoms with Crippen LogP contribution in [0.15, 0.2) is 12.7 Å². The third kappa shape index (κ3) is 8.46. The number of ether oxygens (including phenoxy) is 1. The van der Waals surface area contributed by atoms with Crippen molar-refractivity contribution in [1.82, 2.24) is 5.32 Å². The average molecular weight is 290 g/mol. The Hall–Kier alpha value is -1.26. The summed E-state index contributed by atoms with van der Waals surface area (Å²) in [4.78, 5) is 23.4.